The van der Waals surface area contributed by atoms with E-state index in [4.69, 9.17) is 0 Å². The van der Waals surface area contributed by atoms with E-state index in [0.717, 1.165) is 17.9 Å². The summed E-state index contributed by atoms with van der Waals surface area (Å²) in [5.74, 6) is 1.92. The molecule has 2 aromatic rings. The van der Waals surface area contributed by atoms with Crippen molar-refractivity contribution in [2.75, 3.05) is 26.7 Å². The van der Waals surface area contributed by atoms with Crippen LogP contribution in [0.1, 0.15) is 18.7 Å². The summed E-state index contributed by atoms with van der Waals surface area (Å²) in [5.41, 5.74) is 0.832. The van der Waals surface area contributed by atoms with Gasteiger partial charge in [0.1, 0.15) is 5.82 Å². The van der Waals surface area contributed by atoms with E-state index in [1.54, 1.807) is 7.05 Å². The fourth-order valence-corrected chi connectivity index (χ4v) is 5.20. The number of fused-ring (bicyclic) bond motifs is 6. The standard InChI is InChI=1S/C22H27N7O2.HI/c1-23-22(25-10-8-17-27-26-16-5-2-3-11-28(16)17)24-9-4-12-29-20(30)18-14-6-7-15(13-14)19(18)21(29)31;/h2-3,5-7,11,14-15,18-19H,4,8-10,12-13H2,1H3,(H2,23,24,25);1H. The largest absolute Gasteiger partial charge is 0.356 e. The van der Waals surface area contributed by atoms with Gasteiger partial charge in [-0.05, 0) is 36.8 Å². The fraction of sp³-hybridized carbons (Fsp3) is 0.500. The van der Waals surface area contributed by atoms with Crippen LogP contribution in [0.15, 0.2) is 41.5 Å². The molecular formula is C22H28IN7O2. The number of carbonyl (C=O) groups excluding carboxylic acids is 2. The molecule has 1 aliphatic heterocycles. The highest BCUT2D eigenvalue weighted by molar-refractivity contribution is 14.0. The van der Waals surface area contributed by atoms with Gasteiger partial charge < -0.3 is 10.6 Å². The molecule has 1 saturated heterocycles. The van der Waals surface area contributed by atoms with Crippen LogP contribution in [-0.2, 0) is 16.0 Å². The quantitative estimate of drug-likeness (QED) is 0.135. The van der Waals surface area contributed by atoms with E-state index in [0.29, 0.717) is 38.4 Å². The zero-order chi connectivity index (χ0) is 21.4. The van der Waals surface area contributed by atoms with Crippen LogP contribution >= 0.6 is 24.0 Å². The number of halogens is 1. The van der Waals surface area contributed by atoms with Gasteiger partial charge in [0.05, 0.1) is 11.8 Å². The average Bonchev–Trinajstić information content (AvgIpc) is 3.55. The monoisotopic (exact) mass is 549 g/mol. The molecule has 9 nitrogen and oxygen atoms in total. The number of aliphatic imine (C=N–C) groups is 1. The fourth-order valence-electron chi connectivity index (χ4n) is 5.20. The Bertz CT molecular complexity index is 1040. The number of amides is 2. The third-order valence-corrected chi connectivity index (χ3v) is 6.66. The Morgan fingerprint density at radius 1 is 1.09 bits per heavy atom. The number of imide groups is 1. The van der Waals surface area contributed by atoms with Crippen LogP contribution in [0.3, 0.4) is 0 Å². The van der Waals surface area contributed by atoms with Crippen molar-refractivity contribution in [1.29, 1.82) is 0 Å². The van der Waals surface area contributed by atoms with Crippen molar-refractivity contribution in [3.63, 3.8) is 0 Å². The Kier molecular flexibility index (Phi) is 6.77. The van der Waals surface area contributed by atoms with E-state index in [1.807, 2.05) is 28.8 Å². The van der Waals surface area contributed by atoms with Crippen molar-refractivity contribution < 1.29 is 9.59 Å². The van der Waals surface area contributed by atoms with E-state index in [9.17, 15) is 9.59 Å². The van der Waals surface area contributed by atoms with Crippen molar-refractivity contribution in [3.8, 4) is 0 Å². The minimum absolute atomic E-state index is 0. The number of likely N-dealkylation sites (tertiary alicyclic amines) is 1. The molecule has 4 atom stereocenters. The summed E-state index contributed by atoms with van der Waals surface area (Å²) in [6.45, 7) is 1.75. The van der Waals surface area contributed by atoms with Crippen molar-refractivity contribution in [1.82, 2.24) is 30.1 Å². The number of hydrogen-bond donors (Lipinski definition) is 2. The molecule has 3 heterocycles. The average molecular weight is 549 g/mol. The first-order valence-electron chi connectivity index (χ1n) is 10.9. The number of nitrogens with one attached hydrogen (secondary N) is 2. The molecule has 32 heavy (non-hydrogen) atoms. The van der Waals surface area contributed by atoms with Gasteiger partial charge in [-0.1, -0.05) is 18.2 Å². The molecule has 10 heteroatoms. The van der Waals surface area contributed by atoms with Crippen molar-refractivity contribution in [3.05, 3.63) is 42.4 Å². The third-order valence-electron chi connectivity index (χ3n) is 6.66. The Labute approximate surface area is 203 Å². The maximum Gasteiger partial charge on any atom is 0.233 e. The summed E-state index contributed by atoms with van der Waals surface area (Å²) < 4.78 is 1.97. The van der Waals surface area contributed by atoms with E-state index < -0.39 is 0 Å². The third kappa shape index (κ3) is 4.00. The lowest BCUT2D eigenvalue weighted by Crippen LogP contribution is -2.40. The first-order valence-corrected chi connectivity index (χ1v) is 10.9. The SMILES string of the molecule is CN=C(NCCCN1C(=O)C2C3C=CC(C3)C2C1=O)NCCc1nnc2ccccn12.I. The summed E-state index contributed by atoms with van der Waals surface area (Å²) in [4.78, 5) is 31.2. The van der Waals surface area contributed by atoms with Crippen LogP contribution in [0.4, 0.5) is 0 Å². The van der Waals surface area contributed by atoms with Gasteiger partial charge in [0.25, 0.3) is 0 Å². The van der Waals surface area contributed by atoms with Gasteiger partial charge in [-0.2, -0.15) is 0 Å². The van der Waals surface area contributed by atoms with Crippen molar-refractivity contribution in [2.45, 2.75) is 19.3 Å². The minimum atomic E-state index is -0.113. The first kappa shape index (κ1) is 22.7. The van der Waals surface area contributed by atoms with Gasteiger partial charge in [-0.15, -0.1) is 34.2 Å². The van der Waals surface area contributed by atoms with Crippen LogP contribution in [0.5, 0.6) is 0 Å². The molecule has 4 unspecified atom stereocenters. The van der Waals surface area contributed by atoms with Crippen LogP contribution in [0.2, 0.25) is 0 Å². The molecule has 3 aliphatic rings. The Morgan fingerprint density at radius 3 is 2.53 bits per heavy atom. The maximum atomic E-state index is 12.7. The number of nitrogens with zero attached hydrogens (tertiary/aromatic N) is 5. The molecule has 2 bridgehead atoms. The van der Waals surface area contributed by atoms with E-state index in [-0.39, 0.29) is 59.5 Å². The molecule has 2 aromatic heterocycles. The predicted octanol–water partition coefficient (Wildman–Crippen LogP) is 1.25. The molecule has 0 radical (unpaired) electrons. The van der Waals surface area contributed by atoms with Gasteiger partial charge in [0.15, 0.2) is 11.6 Å². The second-order valence-corrected chi connectivity index (χ2v) is 8.40. The molecular weight excluding hydrogens is 521 g/mol. The number of hydrogen-bond acceptors (Lipinski definition) is 5. The Balaban J connectivity index is 0.00000245. The van der Waals surface area contributed by atoms with E-state index >= 15 is 0 Å². The summed E-state index contributed by atoms with van der Waals surface area (Å²) in [5, 5.41) is 14.9. The minimum Gasteiger partial charge on any atom is -0.356 e. The second-order valence-electron chi connectivity index (χ2n) is 8.40. The zero-order valence-corrected chi connectivity index (χ0v) is 20.3. The number of aromatic nitrogens is 3. The topological polar surface area (TPSA) is 104 Å². The lowest BCUT2D eigenvalue weighted by Gasteiger charge is -2.18. The van der Waals surface area contributed by atoms with Crippen molar-refractivity contribution in [2.24, 2.45) is 28.7 Å². The summed E-state index contributed by atoms with van der Waals surface area (Å²) in [7, 11) is 1.72. The molecule has 2 fully saturated rings. The number of guanidine groups is 1. The predicted molar refractivity (Wildman–Crippen MR) is 131 cm³/mol. The normalized spacial score (nSPS) is 26.0. The molecule has 2 N–H and O–H groups in total. The molecule has 1 saturated carbocycles. The van der Waals surface area contributed by atoms with Gasteiger partial charge >= 0.3 is 0 Å². The highest BCUT2D eigenvalue weighted by atomic mass is 127. The van der Waals surface area contributed by atoms with Gasteiger partial charge in [-0.3, -0.25) is 23.9 Å². The summed E-state index contributed by atoms with van der Waals surface area (Å²) in [6, 6.07) is 5.82. The smallest absolute Gasteiger partial charge is 0.233 e. The molecule has 2 amide bonds. The van der Waals surface area contributed by atoms with Crippen molar-refractivity contribution >= 4 is 47.4 Å². The number of rotatable bonds is 7. The number of allylic oxidation sites excluding steroid dienone is 2. The number of carbonyl (C=O) groups is 2. The highest BCUT2D eigenvalue weighted by Crippen LogP contribution is 2.52. The zero-order valence-electron chi connectivity index (χ0n) is 18.0. The first-order chi connectivity index (χ1) is 15.2. The van der Waals surface area contributed by atoms with E-state index in [1.165, 1.54) is 4.90 Å². The van der Waals surface area contributed by atoms with Crippen LogP contribution in [-0.4, -0.2) is 64.0 Å². The maximum absolute atomic E-state index is 12.7. The van der Waals surface area contributed by atoms with Crippen LogP contribution in [0, 0.1) is 23.7 Å². The Hall–Kier alpha value is -2.50. The molecule has 5 rings (SSSR count). The second kappa shape index (κ2) is 9.55. The molecule has 0 spiro atoms. The van der Waals surface area contributed by atoms with E-state index in [2.05, 4.69) is 38.0 Å². The van der Waals surface area contributed by atoms with Gasteiger partial charge in [0, 0.05) is 39.3 Å². The van der Waals surface area contributed by atoms with Gasteiger partial charge in [-0.25, -0.2) is 0 Å². The lowest BCUT2D eigenvalue weighted by atomic mass is 9.85. The number of pyridine rings is 1. The molecule has 170 valence electrons. The Morgan fingerprint density at radius 2 is 1.81 bits per heavy atom. The van der Waals surface area contributed by atoms with Gasteiger partial charge in [0.2, 0.25) is 11.8 Å². The summed E-state index contributed by atoms with van der Waals surface area (Å²) in [6.07, 6.45) is 8.57. The van der Waals surface area contributed by atoms with Crippen LogP contribution in [0.25, 0.3) is 5.65 Å². The molecule has 0 aromatic carbocycles. The lowest BCUT2D eigenvalue weighted by molar-refractivity contribution is -0.140. The van der Waals surface area contributed by atoms with Crippen LogP contribution < -0.4 is 10.6 Å². The highest BCUT2D eigenvalue weighted by Gasteiger charge is 2.58. The summed E-state index contributed by atoms with van der Waals surface area (Å²) >= 11 is 0. The molecule has 2 aliphatic carbocycles.